The Hall–Kier alpha value is -1.32. The highest BCUT2D eigenvalue weighted by Gasteiger charge is 1.98. The van der Waals surface area contributed by atoms with E-state index in [4.69, 9.17) is 4.52 Å². The molecule has 1 aromatic heterocycles. The number of nitrogens with zero attached hydrogens (tertiary/aromatic N) is 1. The molecule has 0 aliphatic heterocycles. The van der Waals surface area contributed by atoms with Gasteiger partial charge in [0, 0.05) is 12.5 Å². The maximum atomic E-state index is 9.73. The highest BCUT2D eigenvalue weighted by molar-refractivity contribution is 5.36. The van der Waals surface area contributed by atoms with Gasteiger partial charge in [-0.2, -0.15) is 0 Å². The van der Waals surface area contributed by atoms with E-state index in [1.165, 1.54) is 0 Å². The van der Waals surface area contributed by atoms with Gasteiger partial charge in [-0.05, 0) is 6.92 Å². The van der Waals surface area contributed by atoms with Crippen molar-refractivity contribution in [1.29, 1.82) is 0 Å². The van der Waals surface area contributed by atoms with Crippen molar-refractivity contribution in [1.82, 2.24) is 5.16 Å². The number of hydrogen-bond acceptors (Lipinski definition) is 4. The molecular formula is C7H9NO3. The Labute approximate surface area is 64.1 Å². The molecule has 0 fully saturated rings. The van der Waals surface area contributed by atoms with Crippen LogP contribution in [0.3, 0.4) is 0 Å². The van der Waals surface area contributed by atoms with Crippen molar-refractivity contribution in [2.75, 3.05) is 6.61 Å². The zero-order valence-corrected chi connectivity index (χ0v) is 6.24. The van der Waals surface area contributed by atoms with E-state index in [-0.39, 0.29) is 0 Å². The quantitative estimate of drug-likeness (QED) is 0.474. The molecule has 11 heavy (non-hydrogen) atoms. The maximum Gasteiger partial charge on any atom is 0.293 e. The fraction of sp³-hybridized carbons (Fsp3) is 0.429. The second-order valence-corrected chi connectivity index (χ2v) is 2.15. The average Bonchev–Trinajstić information content (AvgIpc) is 2.37. The Morgan fingerprint density at radius 2 is 2.64 bits per heavy atom. The van der Waals surface area contributed by atoms with Crippen LogP contribution < -0.4 is 0 Å². The van der Waals surface area contributed by atoms with Gasteiger partial charge < -0.3 is 9.26 Å². The highest BCUT2D eigenvalue weighted by atomic mass is 16.5. The minimum absolute atomic E-state index is 0.345. The summed E-state index contributed by atoms with van der Waals surface area (Å²) in [5, 5.41) is 3.68. The molecule has 0 atom stereocenters. The van der Waals surface area contributed by atoms with Gasteiger partial charge in [0.1, 0.15) is 5.76 Å². The summed E-state index contributed by atoms with van der Waals surface area (Å²) >= 11 is 0. The first-order valence-electron chi connectivity index (χ1n) is 3.30. The van der Waals surface area contributed by atoms with Crippen molar-refractivity contribution in [3.8, 4) is 0 Å². The molecule has 60 valence electrons. The van der Waals surface area contributed by atoms with Crippen LogP contribution in [-0.2, 0) is 16.0 Å². The summed E-state index contributed by atoms with van der Waals surface area (Å²) < 4.78 is 9.34. The first-order valence-corrected chi connectivity index (χ1v) is 3.30. The Balaban J connectivity index is 2.32. The van der Waals surface area contributed by atoms with Gasteiger partial charge >= 0.3 is 0 Å². The summed E-state index contributed by atoms with van der Waals surface area (Å²) in [6.07, 6.45) is 0.583. The van der Waals surface area contributed by atoms with Gasteiger partial charge in [-0.1, -0.05) is 5.16 Å². The molecule has 1 aromatic rings. The number of ether oxygens (including phenoxy) is 1. The molecule has 0 aliphatic carbocycles. The molecule has 1 heterocycles. The van der Waals surface area contributed by atoms with Crippen LogP contribution in [0.2, 0.25) is 0 Å². The second kappa shape index (κ2) is 3.75. The van der Waals surface area contributed by atoms with Crippen LogP contribution in [-0.4, -0.2) is 18.2 Å². The lowest BCUT2D eigenvalue weighted by atomic mass is 10.3. The molecule has 0 aromatic carbocycles. The molecule has 4 heteroatoms. The van der Waals surface area contributed by atoms with E-state index >= 15 is 0 Å². The minimum Gasteiger partial charge on any atom is -0.467 e. The molecule has 1 rings (SSSR count). The van der Waals surface area contributed by atoms with Crippen LogP contribution in [0.15, 0.2) is 10.6 Å². The largest absolute Gasteiger partial charge is 0.467 e. The molecule has 0 saturated heterocycles. The van der Waals surface area contributed by atoms with Gasteiger partial charge in [0.15, 0.2) is 0 Å². The maximum absolute atomic E-state index is 9.73. The van der Waals surface area contributed by atoms with Crippen LogP contribution >= 0.6 is 0 Å². The van der Waals surface area contributed by atoms with Crippen molar-refractivity contribution in [3.63, 3.8) is 0 Å². The Bertz CT molecular complexity index is 231. The summed E-state index contributed by atoms with van der Waals surface area (Å²) in [7, 11) is 0. The van der Waals surface area contributed by atoms with E-state index in [1.807, 2.05) is 13.0 Å². The minimum atomic E-state index is 0.345. The van der Waals surface area contributed by atoms with Crippen LogP contribution in [0.4, 0.5) is 0 Å². The third kappa shape index (κ3) is 2.41. The standard InChI is InChI=1S/C7H9NO3/c1-6-4-7(11-8-6)2-3-10-5-9/h4-5H,2-3H2,1H3. The zero-order chi connectivity index (χ0) is 8.10. The van der Waals surface area contributed by atoms with Crippen molar-refractivity contribution in [3.05, 3.63) is 17.5 Å². The fourth-order valence-corrected chi connectivity index (χ4v) is 0.742. The number of rotatable bonds is 4. The lowest BCUT2D eigenvalue weighted by molar-refractivity contribution is -0.128. The van der Waals surface area contributed by atoms with Crippen molar-refractivity contribution < 1.29 is 14.1 Å². The van der Waals surface area contributed by atoms with Gasteiger partial charge in [0.2, 0.25) is 0 Å². The summed E-state index contributed by atoms with van der Waals surface area (Å²) in [6.45, 7) is 2.61. The first-order chi connectivity index (χ1) is 5.33. The Kier molecular flexibility index (Phi) is 2.66. The third-order valence-corrected chi connectivity index (χ3v) is 1.21. The topological polar surface area (TPSA) is 52.3 Å². The summed E-state index contributed by atoms with van der Waals surface area (Å²) in [5.41, 5.74) is 0.839. The van der Waals surface area contributed by atoms with Gasteiger partial charge in [0.05, 0.1) is 12.3 Å². The smallest absolute Gasteiger partial charge is 0.293 e. The normalized spacial score (nSPS) is 9.55. The predicted molar refractivity (Wildman–Crippen MR) is 37.0 cm³/mol. The fourth-order valence-electron chi connectivity index (χ4n) is 0.742. The molecule has 0 spiro atoms. The molecule has 0 bridgehead atoms. The summed E-state index contributed by atoms with van der Waals surface area (Å²) in [4.78, 5) is 9.73. The number of carbonyl (C=O) groups excluding carboxylic acids is 1. The molecule has 0 aliphatic rings. The number of aryl methyl sites for hydroxylation is 1. The number of aromatic nitrogens is 1. The van der Waals surface area contributed by atoms with E-state index in [0.717, 1.165) is 11.5 Å². The van der Waals surface area contributed by atoms with Crippen LogP contribution in [0, 0.1) is 6.92 Å². The summed E-state index contributed by atoms with van der Waals surface area (Å²) in [5.74, 6) is 0.740. The van der Waals surface area contributed by atoms with Crippen molar-refractivity contribution in [2.24, 2.45) is 0 Å². The SMILES string of the molecule is Cc1cc(CCOC=O)on1. The van der Waals surface area contributed by atoms with Gasteiger partial charge in [-0.15, -0.1) is 0 Å². The Morgan fingerprint density at radius 3 is 3.18 bits per heavy atom. The lowest BCUT2D eigenvalue weighted by Crippen LogP contribution is -1.94. The van der Waals surface area contributed by atoms with E-state index < -0.39 is 0 Å². The molecule has 0 amide bonds. The lowest BCUT2D eigenvalue weighted by Gasteiger charge is -1.91. The van der Waals surface area contributed by atoms with Crippen LogP contribution in [0.25, 0.3) is 0 Å². The van der Waals surface area contributed by atoms with Gasteiger partial charge in [-0.25, -0.2) is 0 Å². The monoisotopic (exact) mass is 155 g/mol. The second-order valence-electron chi connectivity index (χ2n) is 2.15. The molecule has 0 saturated carbocycles. The predicted octanol–water partition coefficient (Wildman–Crippen LogP) is 0.699. The average molecular weight is 155 g/mol. The molecule has 4 nitrogen and oxygen atoms in total. The van der Waals surface area contributed by atoms with Crippen LogP contribution in [0.1, 0.15) is 11.5 Å². The van der Waals surface area contributed by atoms with Crippen molar-refractivity contribution in [2.45, 2.75) is 13.3 Å². The molecule has 0 unspecified atom stereocenters. The first kappa shape index (κ1) is 7.78. The zero-order valence-electron chi connectivity index (χ0n) is 6.24. The summed E-state index contributed by atoms with van der Waals surface area (Å²) in [6, 6.07) is 1.81. The Morgan fingerprint density at radius 1 is 1.82 bits per heavy atom. The van der Waals surface area contributed by atoms with E-state index in [2.05, 4.69) is 9.89 Å². The van der Waals surface area contributed by atoms with E-state index in [0.29, 0.717) is 19.5 Å². The number of hydrogen-bond donors (Lipinski definition) is 0. The van der Waals surface area contributed by atoms with E-state index in [1.54, 1.807) is 0 Å². The highest BCUT2D eigenvalue weighted by Crippen LogP contribution is 2.02. The van der Waals surface area contributed by atoms with Gasteiger partial charge in [-0.3, -0.25) is 4.79 Å². The third-order valence-electron chi connectivity index (χ3n) is 1.21. The van der Waals surface area contributed by atoms with Gasteiger partial charge in [0.25, 0.3) is 6.47 Å². The molecule has 0 radical (unpaired) electrons. The molecular weight excluding hydrogens is 146 g/mol. The van der Waals surface area contributed by atoms with E-state index in [9.17, 15) is 4.79 Å². The number of carbonyl (C=O) groups is 1. The van der Waals surface area contributed by atoms with Crippen molar-refractivity contribution >= 4 is 6.47 Å². The molecule has 0 N–H and O–H groups in total. The van der Waals surface area contributed by atoms with Crippen LogP contribution in [0.5, 0.6) is 0 Å².